The molecule has 0 bridgehead atoms. The van der Waals surface area contributed by atoms with Crippen molar-refractivity contribution in [2.45, 2.75) is 18.5 Å². The summed E-state index contributed by atoms with van der Waals surface area (Å²) >= 11 is 0. The van der Waals surface area contributed by atoms with Crippen molar-refractivity contribution in [3.63, 3.8) is 0 Å². The van der Waals surface area contributed by atoms with Gasteiger partial charge in [0.1, 0.15) is 18.0 Å². The van der Waals surface area contributed by atoms with E-state index in [1.165, 1.54) is 11.1 Å². The standard InChI is InChI=1S/C18H20N2O/c1-18(15-11-7-4-8-12-15)17(14-9-5-3-6-10-14)19-16(20-18)13-21-2/h3-12,17H,13H2,1-2H3,(H,19,20)/t17-,18+/m1/s1. The van der Waals surface area contributed by atoms with Crippen molar-refractivity contribution in [2.75, 3.05) is 13.7 Å². The number of amidine groups is 1. The third-order valence-corrected chi connectivity index (χ3v) is 4.01. The zero-order chi connectivity index (χ0) is 14.7. The number of hydrogen-bond donors (Lipinski definition) is 1. The molecule has 0 fully saturated rings. The van der Waals surface area contributed by atoms with E-state index in [2.05, 4.69) is 60.8 Å². The van der Waals surface area contributed by atoms with Gasteiger partial charge in [-0.05, 0) is 18.1 Å². The van der Waals surface area contributed by atoms with Crippen LogP contribution in [-0.2, 0) is 10.3 Å². The van der Waals surface area contributed by atoms with Gasteiger partial charge in [-0.2, -0.15) is 0 Å². The zero-order valence-corrected chi connectivity index (χ0v) is 12.4. The van der Waals surface area contributed by atoms with E-state index in [0.29, 0.717) is 6.61 Å². The Bertz CT molecular complexity index is 624. The molecule has 0 unspecified atom stereocenters. The van der Waals surface area contributed by atoms with E-state index in [0.717, 1.165) is 5.84 Å². The van der Waals surface area contributed by atoms with Crippen molar-refractivity contribution in [1.82, 2.24) is 5.32 Å². The number of ether oxygens (including phenoxy) is 1. The molecule has 21 heavy (non-hydrogen) atoms. The molecule has 0 radical (unpaired) electrons. The molecule has 3 heteroatoms. The van der Waals surface area contributed by atoms with Crippen LogP contribution in [-0.4, -0.2) is 19.6 Å². The molecule has 1 heterocycles. The van der Waals surface area contributed by atoms with E-state index in [1.807, 2.05) is 12.1 Å². The molecular formula is C18H20N2O. The molecule has 3 nitrogen and oxygen atoms in total. The van der Waals surface area contributed by atoms with Gasteiger partial charge in [0.15, 0.2) is 0 Å². The molecule has 2 aromatic rings. The van der Waals surface area contributed by atoms with Gasteiger partial charge in [0, 0.05) is 7.11 Å². The maximum atomic E-state index is 5.25. The average molecular weight is 280 g/mol. The lowest BCUT2D eigenvalue weighted by Crippen LogP contribution is -2.33. The predicted molar refractivity (Wildman–Crippen MR) is 85.4 cm³/mol. The summed E-state index contributed by atoms with van der Waals surface area (Å²) in [5.41, 5.74) is 2.12. The highest BCUT2D eigenvalue weighted by molar-refractivity contribution is 5.86. The molecule has 2 aromatic carbocycles. The molecule has 1 aliphatic rings. The fourth-order valence-corrected chi connectivity index (χ4v) is 2.96. The van der Waals surface area contributed by atoms with Gasteiger partial charge in [0.2, 0.25) is 0 Å². The topological polar surface area (TPSA) is 33.6 Å². The Balaban J connectivity index is 2.04. The fourth-order valence-electron chi connectivity index (χ4n) is 2.96. The van der Waals surface area contributed by atoms with Crippen LogP contribution in [0.2, 0.25) is 0 Å². The number of nitrogens with zero attached hydrogens (tertiary/aromatic N) is 1. The Morgan fingerprint density at radius 3 is 2.29 bits per heavy atom. The number of aliphatic imine (C=N–C) groups is 1. The first kappa shape index (κ1) is 13.8. The largest absolute Gasteiger partial charge is 0.377 e. The third-order valence-electron chi connectivity index (χ3n) is 4.01. The van der Waals surface area contributed by atoms with Crippen LogP contribution in [0.4, 0.5) is 0 Å². The Kier molecular flexibility index (Phi) is 3.76. The van der Waals surface area contributed by atoms with E-state index in [1.54, 1.807) is 7.11 Å². The molecule has 3 rings (SSSR count). The van der Waals surface area contributed by atoms with Crippen molar-refractivity contribution in [3.8, 4) is 0 Å². The summed E-state index contributed by atoms with van der Waals surface area (Å²) in [5, 5.41) is 3.52. The average Bonchev–Trinajstić information content (AvgIpc) is 2.87. The number of hydrogen-bond acceptors (Lipinski definition) is 3. The van der Waals surface area contributed by atoms with Crippen molar-refractivity contribution < 1.29 is 4.74 Å². The fraction of sp³-hybridized carbons (Fsp3) is 0.278. The minimum absolute atomic E-state index is 0.117. The van der Waals surface area contributed by atoms with Gasteiger partial charge in [-0.3, -0.25) is 4.99 Å². The molecule has 0 aliphatic carbocycles. The van der Waals surface area contributed by atoms with Crippen molar-refractivity contribution >= 4 is 5.84 Å². The minimum atomic E-state index is -0.323. The summed E-state index contributed by atoms with van der Waals surface area (Å²) < 4.78 is 5.25. The molecule has 0 saturated heterocycles. The summed E-state index contributed by atoms with van der Waals surface area (Å²) in [6, 6.07) is 21.0. The summed E-state index contributed by atoms with van der Waals surface area (Å²) in [6.07, 6.45) is 0. The Morgan fingerprint density at radius 2 is 1.67 bits per heavy atom. The number of methoxy groups -OCH3 is 1. The molecule has 0 spiro atoms. The van der Waals surface area contributed by atoms with Gasteiger partial charge in [-0.25, -0.2) is 0 Å². The molecule has 2 atom stereocenters. The van der Waals surface area contributed by atoms with Crippen LogP contribution in [0.1, 0.15) is 24.1 Å². The Labute approximate surface area is 125 Å². The lowest BCUT2D eigenvalue weighted by Gasteiger charge is -2.30. The summed E-state index contributed by atoms with van der Waals surface area (Å²) in [4.78, 5) is 4.92. The van der Waals surface area contributed by atoms with Crippen LogP contribution in [0.5, 0.6) is 0 Å². The summed E-state index contributed by atoms with van der Waals surface area (Å²) in [6.45, 7) is 2.68. The summed E-state index contributed by atoms with van der Waals surface area (Å²) in [7, 11) is 1.69. The quantitative estimate of drug-likeness (QED) is 0.932. The third kappa shape index (κ3) is 2.57. The molecule has 108 valence electrons. The van der Waals surface area contributed by atoms with Crippen LogP contribution in [0.25, 0.3) is 0 Å². The molecule has 0 amide bonds. The first-order chi connectivity index (χ1) is 10.2. The van der Waals surface area contributed by atoms with Crippen LogP contribution in [0.15, 0.2) is 65.7 Å². The van der Waals surface area contributed by atoms with Crippen molar-refractivity contribution in [2.24, 2.45) is 4.99 Å². The first-order valence-electron chi connectivity index (χ1n) is 7.19. The maximum absolute atomic E-state index is 5.25. The van der Waals surface area contributed by atoms with Gasteiger partial charge >= 0.3 is 0 Å². The smallest absolute Gasteiger partial charge is 0.124 e. The predicted octanol–water partition coefficient (Wildman–Crippen LogP) is 3.29. The van der Waals surface area contributed by atoms with Crippen molar-refractivity contribution in [3.05, 3.63) is 71.8 Å². The SMILES string of the molecule is COCC1=N[C@@](C)(c2ccccc2)[C@@H](c2ccccc2)N1. The lowest BCUT2D eigenvalue weighted by atomic mass is 9.82. The second-order valence-electron chi connectivity index (χ2n) is 5.49. The highest BCUT2D eigenvalue weighted by atomic mass is 16.5. The Hall–Kier alpha value is -2.13. The van der Waals surface area contributed by atoms with E-state index in [-0.39, 0.29) is 11.6 Å². The number of benzene rings is 2. The van der Waals surface area contributed by atoms with Gasteiger partial charge in [0.25, 0.3) is 0 Å². The molecule has 1 N–H and O–H groups in total. The first-order valence-corrected chi connectivity index (χ1v) is 7.19. The normalized spacial score (nSPS) is 24.5. The van der Waals surface area contributed by atoms with Crippen LogP contribution < -0.4 is 5.32 Å². The van der Waals surface area contributed by atoms with Gasteiger partial charge in [-0.1, -0.05) is 60.7 Å². The van der Waals surface area contributed by atoms with Gasteiger partial charge in [0.05, 0.1) is 6.04 Å². The monoisotopic (exact) mass is 280 g/mol. The number of nitrogens with one attached hydrogen (secondary N) is 1. The molecule has 1 aliphatic heterocycles. The minimum Gasteiger partial charge on any atom is -0.377 e. The molecule has 0 aromatic heterocycles. The molecular weight excluding hydrogens is 260 g/mol. The van der Waals surface area contributed by atoms with E-state index < -0.39 is 0 Å². The second kappa shape index (κ2) is 5.70. The highest BCUT2D eigenvalue weighted by Gasteiger charge is 2.42. The van der Waals surface area contributed by atoms with Crippen LogP contribution in [0.3, 0.4) is 0 Å². The van der Waals surface area contributed by atoms with Crippen LogP contribution in [0, 0.1) is 0 Å². The summed E-state index contributed by atoms with van der Waals surface area (Å²) in [5.74, 6) is 0.901. The second-order valence-corrected chi connectivity index (χ2v) is 5.49. The maximum Gasteiger partial charge on any atom is 0.124 e. The number of rotatable bonds is 4. The van der Waals surface area contributed by atoms with Crippen LogP contribution >= 0.6 is 0 Å². The van der Waals surface area contributed by atoms with E-state index in [9.17, 15) is 0 Å². The van der Waals surface area contributed by atoms with Gasteiger partial charge in [-0.15, -0.1) is 0 Å². The van der Waals surface area contributed by atoms with E-state index >= 15 is 0 Å². The highest BCUT2D eigenvalue weighted by Crippen LogP contribution is 2.41. The van der Waals surface area contributed by atoms with Crippen molar-refractivity contribution in [1.29, 1.82) is 0 Å². The lowest BCUT2D eigenvalue weighted by molar-refractivity contribution is 0.243. The molecule has 0 saturated carbocycles. The Morgan fingerprint density at radius 1 is 1.05 bits per heavy atom. The van der Waals surface area contributed by atoms with Gasteiger partial charge < -0.3 is 10.1 Å². The van der Waals surface area contributed by atoms with E-state index in [4.69, 9.17) is 9.73 Å². The zero-order valence-electron chi connectivity index (χ0n) is 12.4.